The molecule has 0 aliphatic carbocycles. The summed E-state index contributed by atoms with van der Waals surface area (Å²) in [7, 11) is 1.98. The van der Waals surface area contributed by atoms with E-state index < -0.39 is 0 Å². The van der Waals surface area contributed by atoms with Crippen LogP contribution in [-0.2, 0) is 7.05 Å². The van der Waals surface area contributed by atoms with Gasteiger partial charge in [-0.3, -0.25) is 9.89 Å². The van der Waals surface area contributed by atoms with Crippen molar-refractivity contribution in [2.75, 3.05) is 5.75 Å². The van der Waals surface area contributed by atoms with Crippen LogP contribution in [0, 0.1) is 6.92 Å². The highest BCUT2D eigenvalue weighted by Crippen LogP contribution is 2.26. The van der Waals surface area contributed by atoms with E-state index in [2.05, 4.69) is 19.7 Å². The monoisotopic (exact) mass is 286 g/mol. The van der Waals surface area contributed by atoms with Crippen LogP contribution in [0.3, 0.4) is 0 Å². The molecule has 102 valence electrons. The molecule has 20 heavy (non-hydrogen) atoms. The molecule has 0 amide bonds. The van der Waals surface area contributed by atoms with Gasteiger partial charge in [-0.25, -0.2) is 4.98 Å². The summed E-state index contributed by atoms with van der Waals surface area (Å²) in [6, 6.07) is 7.97. The largest absolute Gasteiger partial charge is 0.347 e. The first kappa shape index (κ1) is 12.9. The Kier molecular flexibility index (Phi) is 3.31. The van der Waals surface area contributed by atoms with Crippen molar-refractivity contribution in [2.45, 2.75) is 12.1 Å². The number of nitrogens with zero attached hydrogens (tertiary/aromatic N) is 3. The summed E-state index contributed by atoms with van der Waals surface area (Å²) >= 11 is 1.37. The number of para-hydroxylation sites is 1. The Morgan fingerprint density at radius 3 is 2.95 bits per heavy atom. The van der Waals surface area contributed by atoms with E-state index in [9.17, 15) is 4.79 Å². The normalized spacial score (nSPS) is 11.1. The third-order valence-electron chi connectivity index (χ3n) is 3.41. The summed E-state index contributed by atoms with van der Waals surface area (Å²) < 4.78 is 2.06. The molecule has 0 spiro atoms. The van der Waals surface area contributed by atoms with Gasteiger partial charge in [0.15, 0.2) is 10.9 Å². The van der Waals surface area contributed by atoms with E-state index >= 15 is 0 Å². The van der Waals surface area contributed by atoms with Crippen LogP contribution in [0.25, 0.3) is 10.9 Å². The highest BCUT2D eigenvalue weighted by molar-refractivity contribution is 7.99. The number of thioether (sulfide) groups is 1. The van der Waals surface area contributed by atoms with Crippen LogP contribution in [0.1, 0.15) is 16.1 Å². The van der Waals surface area contributed by atoms with E-state index in [1.165, 1.54) is 18.1 Å². The van der Waals surface area contributed by atoms with Crippen molar-refractivity contribution in [3.05, 3.63) is 41.9 Å². The van der Waals surface area contributed by atoms with Gasteiger partial charge in [-0.1, -0.05) is 30.0 Å². The maximum absolute atomic E-state index is 12.5. The average Bonchev–Trinajstić information content (AvgIpc) is 3.05. The molecule has 2 aromatic heterocycles. The van der Waals surface area contributed by atoms with E-state index in [-0.39, 0.29) is 5.78 Å². The Morgan fingerprint density at radius 1 is 1.40 bits per heavy atom. The molecule has 5 nitrogen and oxygen atoms in total. The highest BCUT2D eigenvalue weighted by atomic mass is 32.2. The second-order valence-corrected chi connectivity index (χ2v) is 5.50. The SMILES string of the molecule is Cc1c(C(=O)CSc2ncn[nH]2)c2ccccc2n1C. The fourth-order valence-electron chi connectivity index (χ4n) is 2.34. The summed E-state index contributed by atoms with van der Waals surface area (Å²) in [5.74, 6) is 0.463. The second kappa shape index (κ2) is 5.13. The molecule has 1 aromatic carbocycles. The van der Waals surface area contributed by atoms with E-state index in [0.29, 0.717) is 10.9 Å². The van der Waals surface area contributed by atoms with Crippen molar-refractivity contribution in [3.63, 3.8) is 0 Å². The third-order valence-corrected chi connectivity index (χ3v) is 4.29. The number of benzene rings is 1. The zero-order valence-corrected chi connectivity index (χ0v) is 12.1. The Hall–Kier alpha value is -2.08. The number of aryl methyl sites for hydroxylation is 1. The molecule has 1 N–H and O–H groups in total. The lowest BCUT2D eigenvalue weighted by Crippen LogP contribution is -2.05. The van der Waals surface area contributed by atoms with Crippen LogP contribution in [0.15, 0.2) is 35.7 Å². The van der Waals surface area contributed by atoms with Gasteiger partial charge in [0.2, 0.25) is 0 Å². The molecule has 0 aliphatic heterocycles. The van der Waals surface area contributed by atoms with Crippen LogP contribution < -0.4 is 0 Å². The highest BCUT2D eigenvalue weighted by Gasteiger charge is 2.18. The molecule has 0 fully saturated rings. The predicted molar refractivity (Wildman–Crippen MR) is 79.1 cm³/mol. The van der Waals surface area contributed by atoms with E-state index in [1.807, 2.05) is 38.2 Å². The van der Waals surface area contributed by atoms with Crippen molar-refractivity contribution < 1.29 is 4.79 Å². The predicted octanol–water partition coefficient (Wildman–Crippen LogP) is 2.58. The van der Waals surface area contributed by atoms with E-state index in [0.717, 1.165) is 22.2 Å². The van der Waals surface area contributed by atoms with Gasteiger partial charge in [-0.15, -0.1) is 0 Å². The van der Waals surface area contributed by atoms with Gasteiger partial charge >= 0.3 is 0 Å². The molecule has 0 atom stereocenters. The number of carbonyl (C=O) groups is 1. The van der Waals surface area contributed by atoms with Gasteiger partial charge in [0.1, 0.15) is 6.33 Å². The molecule has 2 heterocycles. The number of carbonyl (C=O) groups excluding carboxylic acids is 1. The summed E-state index contributed by atoms with van der Waals surface area (Å²) in [4.78, 5) is 16.5. The number of nitrogens with one attached hydrogen (secondary N) is 1. The topological polar surface area (TPSA) is 63.6 Å². The molecular weight excluding hydrogens is 272 g/mol. The number of hydrogen-bond acceptors (Lipinski definition) is 4. The first-order valence-electron chi connectivity index (χ1n) is 6.24. The summed E-state index contributed by atoms with van der Waals surface area (Å²) in [6.45, 7) is 1.98. The quantitative estimate of drug-likeness (QED) is 0.591. The summed E-state index contributed by atoms with van der Waals surface area (Å²) in [6.07, 6.45) is 1.44. The number of aromatic nitrogens is 4. The average molecular weight is 286 g/mol. The second-order valence-electron chi connectivity index (χ2n) is 4.54. The summed E-state index contributed by atoms with van der Waals surface area (Å²) in [5.41, 5.74) is 2.88. The number of H-pyrrole nitrogens is 1. The maximum atomic E-state index is 12.5. The standard InChI is InChI=1S/C14H14N4OS/c1-9-13(10-5-3-4-6-11(10)18(9)2)12(19)7-20-14-15-8-16-17-14/h3-6,8H,7H2,1-2H3,(H,15,16,17). The number of hydrogen-bond donors (Lipinski definition) is 1. The molecule has 0 saturated carbocycles. The third kappa shape index (κ3) is 2.12. The molecular formula is C14H14N4OS. The first-order chi connectivity index (χ1) is 9.68. The maximum Gasteiger partial charge on any atom is 0.183 e. The van der Waals surface area contributed by atoms with Crippen LogP contribution in [0.4, 0.5) is 0 Å². The molecule has 0 saturated heterocycles. The smallest absolute Gasteiger partial charge is 0.183 e. The Labute approximate surface area is 120 Å². The fourth-order valence-corrected chi connectivity index (χ4v) is 2.99. The van der Waals surface area contributed by atoms with Crippen molar-refractivity contribution in [2.24, 2.45) is 7.05 Å². The van der Waals surface area contributed by atoms with E-state index in [4.69, 9.17) is 0 Å². The first-order valence-corrected chi connectivity index (χ1v) is 7.22. The molecule has 0 radical (unpaired) electrons. The summed E-state index contributed by atoms with van der Waals surface area (Å²) in [5, 5.41) is 8.19. The minimum Gasteiger partial charge on any atom is -0.347 e. The minimum atomic E-state index is 0.112. The van der Waals surface area contributed by atoms with Crippen molar-refractivity contribution >= 4 is 28.4 Å². The lowest BCUT2D eigenvalue weighted by molar-refractivity contribution is 0.102. The number of aromatic amines is 1. The van der Waals surface area contributed by atoms with Gasteiger partial charge in [0.05, 0.1) is 5.75 Å². The zero-order chi connectivity index (χ0) is 14.1. The van der Waals surface area contributed by atoms with Crippen LogP contribution in [-0.4, -0.2) is 31.3 Å². The van der Waals surface area contributed by atoms with Crippen LogP contribution in [0.2, 0.25) is 0 Å². The van der Waals surface area contributed by atoms with Crippen LogP contribution >= 0.6 is 11.8 Å². The minimum absolute atomic E-state index is 0.112. The van der Waals surface area contributed by atoms with Crippen molar-refractivity contribution in [1.82, 2.24) is 19.7 Å². The number of Topliss-reactive ketones (excluding diaryl/α,β-unsaturated/α-hetero) is 1. The van der Waals surface area contributed by atoms with Crippen molar-refractivity contribution in [3.8, 4) is 0 Å². The van der Waals surface area contributed by atoms with Gasteiger partial charge < -0.3 is 4.57 Å². The molecule has 0 unspecified atom stereocenters. The molecule has 3 rings (SSSR count). The lowest BCUT2D eigenvalue weighted by atomic mass is 10.1. The number of rotatable bonds is 4. The van der Waals surface area contributed by atoms with E-state index in [1.54, 1.807) is 0 Å². The molecule has 3 aromatic rings. The number of ketones is 1. The zero-order valence-electron chi connectivity index (χ0n) is 11.3. The Bertz CT molecular complexity index is 761. The Morgan fingerprint density at radius 2 is 2.20 bits per heavy atom. The molecule has 0 bridgehead atoms. The van der Waals surface area contributed by atoms with Gasteiger partial charge in [0, 0.05) is 29.2 Å². The van der Waals surface area contributed by atoms with Gasteiger partial charge in [-0.2, -0.15) is 5.10 Å². The molecule has 6 heteroatoms. The lowest BCUT2D eigenvalue weighted by Gasteiger charge is -2.01. The number of fused-ring (bicyclic) bond motifs is 1. The van der Waals surface area contributed by atoms with Gasteiger partial charge in [0.25, 0.3) is 0 Å². The van der Waals surface area contributed by atoms with Gasteiger partial charge in [-0.05, 0) is 13.0 Å². The molecule has 0 aliphatic rings. The fraction of sp³-hybridized carbons (Fsp3) is 0.214. The Balaban J connectivity index is 1.93. The van der Waals surface area contributed by atoms with Crippen LogP contribution in [0.5, 0.6) is 0 Å². The van der Waals surface area contributed by atoms with Crippen molar-refractivity contribution in [1.29, 1.82) is 0 Å².